The standard InChI is InChI=1S/C25H18N2O4/c28-20-13-10-18(11-14-20)24(29)27-26-16-22-21-9-5-4-6-17(21)12-15-23(22)31-25(30)19-7-2-1-3-8-19/h1-16,28H,(H,27,29)/b26-16-. The molecule has 0 spiro atoms. The minimum absolute atomic E-state index is 0.0701. The van der Waals surface area contributed by atoms with Crippen molar-refractivity contribution in [1.82, 2.24) is 5.43 Å². The summed E-state index contributed by atoms with van der Waals surface area (Å²) in [4.78, 5) is 24.8. The van der Waals surface area contributed by atoms with Crippen molar-refractivity contribution in [1.29, 1.82) is 0 Å². The topological polar surface area (TPSA) is 88.0 Å². The number of benzene rings is 4. The van der Waals surface area contributed by atoms with Crippen LogP contribution in [0, 0.1) is 0 Å². The number of amides is 1. The zero-order valence-corrected chi connectivity index (χ0v) is 16.4. The maximum Gasteiger partial charge on any atom is 0.343 e. The number of hydrogen-bond acceptors (Lipinski definition) is 5. The van der Waals surface area contributed by atoms with Crippen LogP contribution in [0.25, 0.3) is 10.8 Å². The van der Waals surface area contributed by atoms with Gasteiger partial charge in [-0.15, -0.1) is 0 Å². The van der Waals surface area contributed by atoms with Gasteiger partial charge in [0.15, 0.2) is 0 Å². The van der Waals surface area contributed by atoms with Crippen LogP contribution in [0.2, 0.25) is 0 Å². The predicted molar refractivity (Wildman–Crippen MR) is 119 cm³/mol. The van der Waals surface area contributed by atoms with Crippen LogP contribution in [-0.4, -0.2) is 23.2 Å². The first-order valence-corrected chi connectivity index (χ1v) is 9.53. The number of nitrogens with zero attached hydrogens (tertiary/aromatic N) is 1. The van der Waals surface area contributed by atoms with Crippen LogP contribution < -0.4 is 10.2 Å². The third kappa shape index (κ3) is 4.59. The van der Waals surface area contributed by atoms with Gasteiger partial charge in [-0.05, 0) is 53.2 Å². The Balaban J connectivity index is 1.62. The average Bonchev–Trinajstić information content (AvgIpc) is 2.81. The van der Waals surface area contributed by atoms with Crippen LogP contribution in [0.1, 0.15) is 26.3 Å². The Labute approximate surface area is 178 Å². The first kappa shape index (κ1) is 19.8. The Morgan fingerprint density at radius 1 is 0.806 bits per heavy atom. The van der Waals surface area contributed by atoms with Crippen molar-refractivity contribution in [2.45, 2.75) is 0 Å². The molecule has 0 radical (unpaired) electrons. The second-order valence-corrected chi connectivity index (χ2v) is 6.70. The van der Waals surface area contributed by atoms with Crippen molar-refractivity contribution in [3.63, 3.8) is 0 Å². The number of nitrogens with one attached hydrogen (secondary N) is 1. The first-order valence-electron chi connectivity index (χ1n) is 9.53. The smallest absolute Gasteiger partial charge is 0.343 e. The Hall–Kier alpha value is -4.45. The minimum atomic E-state index is -0.487. The summed E-state index contributed by atoms with van der Waals surface area (Å²) in [5, 5.41) is 15.2. The molecule has 2 N–H and O–H groups in total. The van der Waals surface area contributed by atoms with Crippen LogP contribution in [0.4, 0.5) is 0 Å². The normalized spacial score (nSPS) is 10.8. The molecule has 0 fully saturated rings. The number of carbonyl (C=O) groups is 2. The van der Waals surface area contributed by atoms with E-state index in [1.165, 1.54) is 30.5 Å². The largest absolute Gasteiger partial charge is 0.508 e. The number of phenols is 1. The fourth-order valence-corrected chi connectivity index (χ4v) is 3.06. The number of fused-ring (bicyclic) bond motifs is 1. The molecule has 0 aliphatic carbocycles. The lowest BCUT2D eigenvalue weighted by atomic mass is 10.0. The Morgan fingerprint density at radius 2 is 1.52 bits per heavy atom. The Bertz CT molecular complexity index is 1270. The first-order chi connectivity index (χ1) is 15.1. The molecule has 0 aromatic heterocycles. The molecule has 0 heterocycles. The average molecular weight is 410 g/mol. The van der Waals surface area contributed by atoms with Crippen molar-refractivity contribution in [2.24, 2.45) is 5.10 Å². The predicted octanol–water partition coefficient (Wildman–Crippen LogP) is 4.53. The zero-order valence-electron chi connectivity index (χ0n) is 16.4. The summed E-state index contributed by atoms with van der Waals surface area (Å²) in [6.45, 7) is 0. The van der Waals surface area contributed by atoms with Gasteiger partial charge in [0.2, 0.25) is 0 Å². The highest BCUT2D eigenvalue weighted by atomic mass is 16.5. The molecule has 4 aromatic rings. The summed E-state index contributed by atoms with van der Waals surface area (Å²) >= 11 is 0. The molecule has 152 valence electrons. The summed E-state index contributed by atoms with van der Waals surface area (Å²) < 4.78 is 5.62. The third-order valence-electron chi connectivity index (χ3n) is 4.63. The maximum absolute atomic E-state index is 12.5. The summed E-state index contributed by atoms with van der Waals surface area (Å²) in [5.74, 6) is -0.520. The van der Waals surface area contributed by atoms with Gasteiger partial charge in [0, 0.05) is 11.1 Å². The molecule has 31 heavy (non-hydrogen) atoms. The van der Waals surface area contributed by atoms with E-state index in [2.05, 4.69) is 10.5 Å². The minimum Gasteiger partial charge on any atom is -0.508 e. The monoisotopic (exact) mass is 410 g/mol. The second kappa shape index (κ2) is 8.92. The summed E-state index contributed by atoms with van der Waals surface area (Å²) in [6, 6.07) is 25.7. The van der Waals surface area contributed by atoms with Crippen molar-refractivity contribution in [3.8, 4) is 11.5 Å². The van der Waals surface area contributed by atoms with Crippen LogP contribution in [-0.2, 0) is 0 Å². The molecule has 0 aliphatic rings. The van der Waals surface area contributed by atoms with E-state index in [1.54, 1.807) is 30.3 Å². The van der Waals surface area contributed by atoms with E-state index >= 15 is 0 Å². The molecule has 4 rings (SSSR count). The summed E-state index contributed by atoms with van der Waals surface area (Å²) in [7, 11) is 0. The number of hydrazone groups is 1. The highest BCUT2D eigenvalue weighted by molar-refractivity contribution is 6.04. The number of rotatable bonds is 5. The number of hydrogen-bond donors (Lipinski definition) is 2. The Kier molecular flexibility index (Phi) is 5.71. The molecule has 6 nitrogen and oxygen atoms in total. The van der Waals surface area contributed by atoms with Gasteiger partial charge in [0.25, 0.3) is 5.91 Å². The highest BCUT2D eigenvalue weighted by Gasteiger charge is 2.13. The lowest BCUT2D eigenvalue weighted by Crippen LogP contribution is -2.17. The molecule has 4 aromatic carbocycles. The molecule has 6 heteroatoms. The molecule has 0 aliphatic heterocycles. The van der Waals surface area contributed by atoms with Crippen molar-refractivity contribution < 1.29 is 19.4 Å². The van der Waals surface area contributed by atoms with Gasteiger partial charge in [0.05, 0.1) is 11.8 Å². The molecular weight excluding hydrogens is 392 g/mol. The molecule has 0 saturated heterocycles. The van der Waals surface area contributed by atoms with Gasteiger partial charge >= 0.3 is 5.97 Å². The van der Waals surface area contributed by atoms with E-state index in [-0.39, 0.29) is 5.75 Å². The van der Waals surface area contributed by atoms with Gasteiger partial charge in [-0.1, -0.05) is 48.5 Å². The lowest BCUT2D eigenvalue weighted by molar-refractivity contribution is 0.0734. The Morgan fingerprint density at radius 3 is 2.29 bits per heavy atom. The SMILES string of the molecule is O=C(N/N=C\c1c(OC(=O)c2ccccc2)ccc2ccccc12)c1ccc(O)cc1. The quantitative estimate of drug-likeness (QED) is 0.219. The summed E-state index contributed by atoms with van der Waals surface area (Å²) in [6.07, 6.45) is 1.45. The van der Waals surface area contributed by atoms with Gasteiger partial charge < -0.3 is 9.84 Å². The van der Waals surface area contributed by atoms with Gasteiger partial charge in [-0.2, -0.15) is 5.10 Å². The third-order valence-corrected chi connectivity index (χ3v) is 4.63. The van der Waals surface area contributed by atoms with Crippen molar-refractivity contribution in [3.05, 3.63) is 108 Å². The fourth-order valence-electron chi connectivity index (χ4n) is 3.06. The summed E-state index contributed by atoms with van der Waals surface area (Å²) in [5.41, 5.74) is 3.80. The van der Waals surface area contributed by atoms with Crippen LogP contribution in [0.3, 0.4) is 0 Å². The van der Waals surface area contributed by atoms with Crippen molar-refractivity contribution >= 4 is 28.9 Å². The maximum atomic E-state index is 12.5. The molecule has 0 saturated carbocycles. The molecule has 0 bridgehead atoms. The molecule has 1 amide bonds. The van der Waals surface area contributed by atoms with Crippen LogP contribution in [0.15, 0.2) is 96.1 Å². The van der Waals surface area contributed by atoms with Gasteiger partial charge in [0.1, 0.15) is 11.5 Å². The number of ether oxygens (including phenoxy) is 1. The molecular formula is C25H18N2O4. The second-order valence-electron chi connectivity index (χ2n) is 6.70. The van der Waals surface area contributed by atoms with E-state index < -0.39 is 11.9 Å². The fraction of sp³-hybridized carbons (Fsp3) is 0. The number of esters is 1. The van der Waals surface area contributed by atoms with Crippen LogP contribution in [0.5, 0.6) is 11.5 Å². The highest BCUT2D eigenvalue weighted by Crippen LogP contribution is 2.27. The van der Waals surface area contributed by atoms with E-state index in [0.717, 1.165) is 10.8 Å². The van der Waals surface area contributed by atoms with Gasteiger partial charge in [-0.3, -0.25) is 4.79 Å². The molecule has 0 atom stereocenters. The van der Waals surface area contributed by atoms with Gasteiger partial charge in [-0.25, -0.2) is 10.2 Å². The van der Waals surface area contributed by atoms with Crippen molar-refractivity contribution in [2.75, 3.05) is 0 Å². The number of aromatic hydroxyl groups is 1. The van der Waals surface area contributed by atoms with E-state index in [9.17, 15) is 14.7 Å². The van der Waals surface area contributed by atoms with E-state index in [4.69, 9.17) is 4.74 Å². The number of phenolic OH excluding ortho intramolecular Hbond substituents is 1. The van der Waals surface area contributed by atoms with E-state index in [0.29, 0.717) is 22.4 Å². The van der Waals surface area contributed by atoms with Crippen LogP contribution >= 0.6 is 0 Å². The lowest BCUT2D eigenvalue weighted by Gasteiger charge is -2.10. The number of carbonyl (C=O) groups excluding carboxylic acids is 2. The molecule has 0 unspecified atom stereocenters. The zero-order chi connectivity index (χ0) is 21.6. The van der Waals surface area contributed by atoms with E-state index in [1.807, 2.05) is 36.4 Å².